The van der Waals surface area contributed by atoms with Gasteiger partial charge in [-0.3, -0.25) is 0 Å². The van der Waals surface area contributed by atoms with Crippen molar-refractivity contribution in [1.29, 1.82) is 5.26 Å². The summed E-state index contributed by atoms with van der Waals surface area (Å²) in [4.78, 5) is 0. The molecule has 3 nitrogen and oxygen atoms in total. The second-order valence-electron chi connectivity index (χ2n) is 5.78. The third-order valence-electron chi connectivity index (χ3n) is 3.08. The summed E-state index contributed by atoms with van der Waals surface area (Å²) in [6, 6.07) is 12.0. The zero-order chi connectivity index (χ0) is 14.0. The highest BCUT2D eigenvalue weighted by atomic mass is 32.2. The van der Waals surface area contributed by atoms with E-state index < -0.39 is 11.0 Å². The molecule has 0 saturated heterocycles. The summed E-state index contributed by atoms with van der Waals surface area (Å²) in [5.74, 6) is 0.162. The van der Waals surface area contributed by atoms with Gasteiger partial charge in [-0.2, -0.15) is 9.66 Å². The van der Waals surface area contributed by atoms with Crippen LogP contribution < -0.4 is 0 Å². The molecule has 2 rings (SSSR count). The fraction of sp³-hybridized carbons (Fsp3) is 0.467. The molecule has 0 unspecified atom stereocenters. The van der Waals surface area contributed by atoms with Crippen molar-refractivity contribution in [2.45, 2.75) is 31.9 Å². The Labute approximate surface area is 117 Å². The molecular weight excluding hydrogens is 256 g/mol. The monoisotopic (exact) mass is 274 g/mol. The van der Waals surface area contributed by atoms with E-state index >= 15 is 0 Å². The van der Waals surface area contributed by atoms with Crippen LogP contribution in [0.5, 0.6) is 0 Å². The van der Waals surface area contributed by atoms with Crippen LogP contribution in [0.1, 0.15) is 32.8 Å². The van der Waals surface area contributed by atoms with E-state index in [0.717, 1.165) is 17.7 Å². The van der Waals surface area contributed by atoms with E-state index in [1.165, 1.54) is 0 Å². The predicted octanol–water partition coefficient (Wildman–Crippen LogP) is 3.10. The molecule has 0 heterocycles. The van der Waals surface area contributed by atoms with Crippen LogP contribution in [0.15, 0.2) is 34.7 Å². The summed E-state index contributed by atoms with van der Waals surface area (Å²) >= 11 is 0. The Kier molecular flexibility index (Phi) is 3.86. The number of rotatable bonds is 3. The highest BCUT2D eigenvalue weighted by molar-refractivity contribution is 7.85. The van der Waals surface area contributed by atoms with Crippen molar-refractivity contribution in [1.82, 2.24) is 0 Å². The van der Waals surface area contributed by atoms with Gasteiger partial charge in [-0.15, -0.1) is 0 Å². The molecule has 1 aliphatic rings. The van der Waals surface area contributed by atoms with Crippen molar-refractivity contribution in [2.24, 2.45) is 16.2 Å². The quantitative estimate of drug-likeness (QED) is 0.795. The highest BCUT2D eigenvalue weighted by Crippen LogP contribution is 2.41. The zero-order valence-electron chi connectivity index (χ0n) is 11.5. The third-order valence-corrected chi connectivity index (χ3v) is 4.49. The molecule has 0 spiro atoms. The van der Waals surface area contributed by atoms with Crippen molar-refractivity contribution in [2.75, 3.05) is 0 Å². The van der Waals surface area contributed by atoms with E-state index in [4.69, 9.17) is 5.26 Å². The van der Waals surface area contributed by atoms with Crippen LogP contribution in [0.2, 0.25) is 0 Å². The Morgan fingerprint density at radius 2 is 2.00 bits per heavy atom. The van der Waals surface area contributed by atoms with Gasteiger partial charge in [-0.1, -0.05) is 30.3 Å². The van der Waals surface area contributed by atoms with E-state index in [9.17, 15) is 4.21 Å². The average Bonchev–Trinajstić information content (AvgIpc) is 3.14. The Hall–Kier alpha value is -1.47. The third kappa shape index (κ3) is 3.30. The van der Waals surface area contributed by atoms with Gasteiger partial charge in [-0.25, -0.2) is 4.21 Å². The topological polar surface area (TPSA) is 53.2 Å². The number of nitrogens with zero attached hydrogens (tertiary/aromatic N) is 2. The molecule has 3 atom stereocenters. The second-order valence-corrected chi connectivity index (χ2v) is 7.69. The van der Waals surface area contributed by atoms with Crippen molar-refractivity contribution >= 4 is 16.7 Å². The minimum Gasteiger partial charge on any atom is -0.234 e. The molecule has 1 aromatic rings. The molecule has 19 heavy (non-hydrogen) atoms. The minimum atomic E-state index is -1.29. The van der Waals surface area contributed by atoms with Gasteiger partial charge < -0.3 is 0 Å². The normalized spacial score (nSPS) is 24.6. The molecule has 1 fully saturated rings. The Morgan fingerprint density at radius 3 is 2.47 bits per heavy atom. The van der Waals surface area contributed by atoms with Crippen LogP contribution >= 0.6 is 0 Å². The lowest BCUT2D eigenvalue weighted by Gasteiger charge is -2.15. The first-order chi connectivity index (χ1) is 8.93. The molecule has 0 radical (unpaired) electrons. The van der Waals surface area contributed by atoms with Crippen molar-refractivity contribution in [3.63, 3.8) is 0 Å². The second kappa shape index (κ2) is 5.26. The predicted molar refractivity (Wildman–Crippen MR) is 78.1 cm³/mol. The first-order valence-electron chi connectivity index (χ1n) is 6.39. The fourth-order valence-electron chi connectivity index (χ4n) is 1.81. The molecule has 0 aliphatic heterocycles. The van der Waals surface area contributed by atoms with Crippen LogP contribution in [-0.4, -0.2) is 14.7 Å². The van der Waals surface area contributed by atoms with Crippen LogP contribution in [0.3, 0.4) is 0 Å². The molecule has 100 valence electrons. The number of hydrogen-bond acceptors (Lipinski definition) is 2. The van der Waals surface area contributed by atoms with E-state index in [1.807, 2.05) is 51.1 Å². The van der Waals surface area contributed by atoms with Gasteiger partial charge >= 0.3 is 0 Å². The lowest BCUT2D eigenvalue weighted by atomic mass is 10.1. The van der Waals surface area contributed by atoms with Gasteiger partial charge in [0.25, 0.3) is 0 Å². The average molecular weight is 274 g/mol. The van der Waals surface area contributed by atoms with Gasteiger partial charge in [0.1, 0.15) is 11.0 Å². The highest BCUT2D eigenvalue weighted by Gasteiger charge is 2.42. The van der Waals surface area contributed by atoms with Crippen molar-refractivity contribution < 1.29 is 4.21 Å². The Balaban J connectivity index is 2.35. The summed E-state index contributed by atoms with van der Waals surface area (Å²) < 4.78 is 16.3. The number of benzene rings is 1. The number of hydrogen-bond donors (Lipinski definition) is 0. The van der Waals surface area contributed by atoms with E-state index in [-0.39, 0.29) is 16.6 Å². The molecular formula is C15H18N2OS. The van der Waals surface area contributed by atoms with Crippen LogP contribution in [0.25, 0.3) is 0 Å². The minimum absolute atomic E-state index is 0.0240. The molecule has 1 aliphatic carbocycles. The Bertz CT molecular complexity index is 552. The molecule has 1 aromatic carbocycles. The summed E-state index contributed by atoms with van der Waals surface area (Å²) in [5.41, 5.74) is 1.79. The van der Waals surface area contributed by atoms with Gasteiger partial charge in [-0.05, 0) is 32.8 Å². The summed E-state index contributed by atoms with van der Waals surface area (Å²) in [7, 11) is -1.29. The van der Waals surface area contributed by atoms with E-state index in [2.05, 4.69) is 10.5 Å². The largest absolute Gasteiger partial charge is 0.234 e. The van der Waals surface area contributed by atoms with Gasteiger partial charge in [0.05, 0.1) is 22.4 Å². The van der Waals surface area contributed by atoms with Crippen molar-refractivity contribution in [3.8, 4) is 6.07 Å². The van der Waals surface area contributed by atoms with Gasteiger partial charge in [0, 0.05) is 5.92 Å². The van der Waals surface area contributed by atoms with Gasteiger partial charge in [0.2, 0.25) is 0 Å². The molecule has 4 heteroatoms. The fourth-order valence-corrected chi connectivity index (χ4v) is 2.50. The molecule has 0 bridgehead atoms. The summed E-state index contributed by atoms with van der Waals surface area (Å²) in [6.07, 6.45) is 0.825. The molecule has 0 amide bonds. The maximum atomic E-state index is 12.2. The Morgan fingerprint density at radius 1 is 1.37 bits per heavy atom. The molecule has 1 saturated carbocycles. The SMILES string of the molecule is CC(C)(C)[S@@](=O)N=C(c1ccccc1)[C@@H]1C[C@H]1C#N. The lowest BCUT2D eigenvalue weighted by molar-refractivity contribution is 0.650. The van der Waals surface area contributed by atoms with Crippen LogP contribution in [0, 0.1) is 23.2 Å². The van der Waals surface area contributed by atoms with E-state index in [0.29, 0.717) is 0 Å². The lowest BCUT2D eigenvalue weighted by Crippen LogP contribution is -2.21. The van der Waals surface area contributed by atoms with Gasteiger partial charge in [0.15, 0.2) is 0 Å². The van der Waals surface area contributed by atoms with Crippen molar-refractivity contribution in [3.05, 3.63) is 35.9 Å². The summed E-state index contributed by atoms with van der Waals surface area (Å²) in [6.45, 7) is 5.72. The number of nitriles is 1. The zero-order valence-corrected chi connectivity index (χ0v) is 12.3. The molecule has 0 aromatic heterocycles. The van der Waals surface area contributed by atoms with E-state index in [1.54, 1.807) is 0 Å². The smallest absolute Gasteiger partial charge is 0.145 e. The standard InChI is InChI=1S/C15H18N2OS/c1-15(2,3)19(18)17-14(13-9-12(13)10-16)11-7-5-4-6-8-11/h4-8,12-13H,9H2,1-3H3/t12-,13+,19+/m0/s1. The molecule has 0 N–H and O–H groups in total. The maximum absolute atomic E-state index is 12.2. The first-order valence-corrected chi connectivity index (χ1v) is 7.50. The van der Waals surface area contributed by atoms with Crippen LogP contribution in [0.4, 0.5) is 0 Å². The summed E-state index contributed by atoms with van der Waals surface area (Å²) in [5, 5.41) is 8.99. The van der Waals surface area contributed by atoms with Crippen LogP contribution in [-0.2, 0) is 11.0 Å². The first kappa shape index (κ1) is 14.0. The maximum Gasteiger partial charge on any atom is 0.145 e.